The summed E-state index contributed by atoms with van der Waals surface area (Å²) in [4.78, 5) is 0. The molecule has 1 unspecified atom stereocenters. The van der Waals surface area contributed by atoms with Crippen LogP contribution < -0.4 is 10.0 Å². The van der Waals surface area contributed by atoms with E-state index in [9.17, 15) is 8.42 Å². The van der Waals surface area contributed by atoms with Crippen LogP contribution in [0.4, 0.5) is 0 Å². The second-order valence-corrected chi connectivity index (χ2v) is 7.45. The Morgan fingerprint density at radius 1 is 1.42 bits per heavy atom. The lowest BCUT2D eigenvalue weighted by Gasteiger charge is -2.27. The van der Waals surface area contributed by atoms with Gasteiger partial charge in [0.2, 0.25) is 5.09 Å². The third-order valence-corrected chi connectivity index (χ3v) is 5.15. The maximum atomic E-state index is 12.3. The largest absolute Gasteiger partial charge is 0.447 e. The van der Waals surface area contributed by atoms with Crippen LogP contribution in [0.25, 0.3) is 0 Å². The van der Waals surface area contributed by atoms with E-state index in [1.54, 1.807) is 13.1 Å². The van der Waals surface area contributed by atoms with Gasteiger partial charge in [-0.2, -0.15) is 0 Å². The van der Waals surface area contributed by atoms with Gasteiger partial charge in [0, 0.05) is 6.04 Å². The molecule has 0 aliphatic heterocycles. The zero-order chi connectivity index (χ0) is 14.1. The van der Waals surface area contributed by atoms with E-state index >= 15 is 0 Å². The maximum absolute atomic E-state index is 12.3. The van der Waals surface area contributed by atoms with Crippen molar-refractivity contribution in [2.45, 2.75) is 50.8 Å². The summed E-state index contributed by atoms with van der Waals surface area (Å²) in [5, 5.41) is 2.93. The second-order valence-electron chi connectivity index (χ2n) is 5.81. The van der Waals surface area contributed by atoms with Gasteiger partial charge in [-0.15, -0.1) is 0 Å². The first-order chi connectivity index (χ1) is 8.85. The van der Waals surface area contributed by atoms with Crippen molar-refractivity contribution in [1.82, 2.24) is 10.0 Å². The quantitative estimate of drug-likeness (QED) is 0.866. The molecule has 1 saturated carbocycles. The first kappa shape index (κ1) is 14.6. The van der Waals surface area contributed by atoms with E-state index in [1.807, 2.05) is 0 Å². The van der Waals surface area contributed by atoms with Crippen molar-refractivity contribution < 1.29 is 12.8 Å². The molecule has 1 aromatic rings. The van der Waals surface area contributed by atoms with Crippen LogP contribution in [0.5, 0.6) is 0 Å². The molecule has 0 aromatic carbocycles. The normalized spacial score (nSPS) is 22.8. The molecule has 0 radical (unpaired) electrons. The molecule has 0 saturated heterocycles. The fourth-order valence-corrected chi connectivity index (χ4v) is 3.95. The van der Waals surface area contributed by atoms with Crippen LogP contribution in [0.15, 0.2) is 21.6 Å². The molecular formula is C13H22N2O3S. The molecule has 1 heterocycles. The Labute approximate surface area is 114 Å². The van der Waals surface area contributed by atoms with E-state index in [4.69, 9.17) is 4.42 Å². The molecule has 1 fully saturated rings. The van der Waals surface area contributed by atoms with Gasteiger partial charge in [0.05, 0.1) is 6.54 Å². The standard InChI is InChI=1S/C13H22N2O3S/c1-13(2)8-4-5-11(13)15-19(16,17)12-7-6-10(18-12)9-14-3/h6-7,11,14-15H,4-5,8-9H2,1-3H3. The average Bonchev–Trinajstić information content (AvgIpc) is 2.88. The number of hydrogen-bond acceptors (Lipinski definition) is 4. The molecular weight excluding hydrogens is 264 g/mol. The fraction of sp³-hybridized carbons (Fsp3) is 0.692. The Bertz CT molecular complexity index is 534. The summed E-state index contributed by atoms with van der Waals surface area (Å²) in [6, 6.07) is 3.18. The van der Waals surface area contributed by atoms with Crippen LogP contribution in [-0.4, -0.2) is 21.5 Å². The Hall–Kier alpha value is -0.850. The van der Waals surface area contributed by atoms with E-state index in [-0.39, 0.29) is 16.5 Å². The maximum Gasteiger partial charge on any atom is 0.274 e. The number of nitrogens with one attached hydrogen (secondary N) is 2. The van der Waals surface area contributed by atoms with Crippen LogP contribution in [0, 0.1) is 5.41 Å². The Kier molecular flexibility index (Phi) is 4.03. The lowest BCUT2D eigenvalue weighted by Crippen LogP contribution is -2.41. The fourth-order valence-electron chi connectivity index (χ4n) is 2.56. The van der Waals surface area contributed by atoms with Crippen LogP contribution >= 0.6 is 0 Å². The molecule has 0 amide bonds. The summed E-state index contributed by atoms with van der Waals surface area (Å²) in [6.45, 7) is 4.72. The molecule has 2 N–H and O–H groups in total. The monoisotopic (exact) mass is 286 g/mol. The van der Waals surface area contributed by atoms with Gasteiger partial charge in [-0.1, -0.05) is 20.3 Å². The summed E-state index contributed by atoms with van der Waals surface area (Å²) in [5.41, 5.74) is 0.00741. The first-order valence-corrected chi connectivity index (χ1v) is 8.09. The van der Waals surface area contributed by atoms with Gasteiger partial charge in [-0.3, -0.25) is 0 Å². The Balaban J connectivity index is 2.13. The van der Waals surface area contributed by atoms with Gasteiger partial charge in [-0.05, 0) is 37.4 Å². The van der Waals surface area contributed by atoms with Crippen LogP contribution in [0.2, 0.25) is 0 Å². The minimum Gasteiger partial charge on any atom is -0.447 e. The molecule has 0 spiro atoms. The molecule has 5 nitrogen and oxygen atoms in total. The van der Waals surface area contributed by atoms with Gasteiger partial charge >= 0.3 is 0 Å². The highest BCUT2D eigenvalue weighted by Crippen LogP contribution is 2.37. The average molecular weight is 286 g/mol. The predicted octanol–water partition coefficient (Wildman–Crippen LogP) is 1.86. The highest BCUT2D eigenvalue weighted by molar-refractivity contribution is 7.89. The highest BCUT2D eigenvalue weighted by Gasteiger charge is 2.37. The van der Waals surface area contributed by atoms with Gasteiger partial charge in [0.15, 0.2) is 0 Å². The van der Waals surface area contributed by atoms with E-state index < -0.39 is 10.0 Å². The smallest absolute Gasteiger partial charge is 0.274 e. The van der Waals surface area contributed by atoms with Gasteiger partial charge in [0.25, 0.3) is 10.0 Å². The van der Waals surface area contributed by atoms with E-state index in [0.717, 1.165) is 19.3 Å². The minimum atomic E-state index is -3.56. The van der Waals surface area contributed by atoms with E-state index in [0.29, 0.717) is 12.3 Å². The number of sulfonamides is 1. The van der Waals surface area contributed by atoms with E-state index in [1.165, 1.54) is 6.07 Å². The van der Waals surface area contributed by atoms with Crippen molar-refractivity contribution in [3.05, 3.63) is 17.9 Å². The summed E-state index contributed by atoms with van der Waals surface area (Å²) in [5.74, 6) is 0.619. The zero-order valence-corrected chi connectivity index (χ0v) is 12.5. The summed E-state index contributed by atoms with van der Waals surface area (Å²) >= 11 is 0. The SMILES string of the molecule is CNCc1ccc(S(=O)(=O)NC2CCCC2(C)C)o1. The van der Waals surface area contributed by atoms with Crippen LogP contribution in [-0.2, 0) is 16.6 Å². The second kappa shape index (κ2) is 5.26. The number of rotatable bonds is 5. The third-order valence-electron chi connectivity index (χ3n) is 3.81. The molecule has 19 heavy (non-hydrogen) atoms. The van der Waals surface area contributed by atoms with Gasteiger partial charge in [-0.25, -0.2) is 13.1 Å². The van der Waals surface area contributed by atoms with Crippen molar-refractivity contribution in [3.8, 4) is 0 Å². The number of hydrogen-bond donors (Lipinski definition) is 2. The number of furan rings is 1. The van der Waals surface area contributed by atoms with Gasteiger partial charge < -0.3 is 9.73 Å². The Morgan fingerprint density at radius 2 is 2.16 bits per heavy atom. The third kappa shape index (κ3) is 3.19. The molecule has 2 rings (SSSR count). The zero-order valence-electron chi connectivity index (χ0n) is 11.7. The van der Waals surface area contributed by atoms with Crippen LogP contribution in [0.3, 0.4) is 0 Å². The van der Waals surface area contributed by atoms with Gasteiger partial charge in [0.1, 0.15) is 5.76 Å². The van der Waals surface area contributed by atoms with Crippen molar-refractivity contribution >= 4 is 10.0 Å². The molecule has 108 valence electrons. The van der Waals surface area contributed by atoms with Crippen molar-refractivity contribution in [2.24, 2.45) is 5.41 Å². The molecule has 1 atom stereocenters. The van der Waals surface area contributed by atoms with Crippen molar-refractivity contribution in [3.63, 3.8) is 0 Å². The molecule has 1 aliphatic carbocycles. The predicted molar refractivity (Wildman–Crippen MR) is 73.2 cm³/mol. The van der Waals surface area contributed by atoms with Crippen molar-refractivity contribution in [1.29, 1.82) is 0 Å². The minimum absolute atomic E-state index is 0.000417. The topological polar surface area (TPSA) is 71.3 Å². The van der Waals surface area contributed by atoms with E-state index in [2.05, 4.69) is 23.9 Å². The summed E-state index contributed by atoms with van der Waals surface area (Å²) in [7, 11) is -1.77. The first-order valence-electron chi connectivity index (χ1n) is 6.61. The summed E-state index contributed by atoms with van der Waals surface area (Å²) in [6.07, 6.45) is 2.99. The highest BCUT2D eigenvalue weighted by atomic mass is 32.2. The molecule has 0 bridgehead atoms. The Morgan fingerprint density at radius 3 is 2.74 bits per heavy atom. The molecule has 6 heteroatoms. The molecule has 1 aromatic heterocycles. The van der Waals surface area contributed by atoms with Crippen molar-refractivity contribution in [2.75, 3.05) is 7.05 Å². The van der Waals surface area contributed by atoms with Crippen LogP contribution in [0.1, 0.15) is 38.9 Å². The lowest BCUT2D eigenvalue weighted by molar-refractivity contribution is 0.309. The lowest BCUT2D eigenvalue weighted by atomic mass is 9.88. The molecule has 1 aliphatic rings. The summed E-state index contributed by atoms with van der Waals surface area (Å²) < 4.78 is 32.7.